The molecule has 0 unspecified atom stereocenters. The van der Waals surface area contributed by atoms with Crippen molar-refractivity contribution in [3.63, 3.8) is 0 Å². The van der Waals surface area contributed by atoms with Crippen LogP contribution in [-0.2, 0) is 19.1 Å². The summed E-state index contributed by atoms with van der Waals surface area (Å²) in [6.45, 7) is 7.07. The molecule has 6 heteroatoms. The number of rotatable bonds is 6. The van der Waals surface area contributed by atoms with Gasteiger partial charge in [0, 0.05) is 17.0 Å². The van der Waals surface area contributed by atoms with E-state index in [1.165, 1.54) is 0 Å². The van der Waals surface area contributed by atoms with Crippen molar-refractivity contribution in [2.24, 2.45) is 5.92 Å². The Bertz CT molecular complexity index is 737. The summed E-state index contributed by atoms with van der Waals surface area (Å²) in [5.74, 6) is -2.67. The molecular weight excluding hydrogens is 334 g/mol. The van der Waals surface area contributed by atoms with E-state index in [4.69, 9.17) is 9.47 Å². The van der Waals surface area contributed by atoms with E-state index in [-0.39, 0.29) is 30.1 Å². The number of nitrogens with one attached hydrogen (secondary N) is 1. The van der Waals surface area contributed by atoms with Gasteiger partial charge >= 0.3 is 11.9 Å². The van der Waals surface area contributed by atoms with Gasteiger partial charge in [-0.3, -0.25) is 4.79 Å². The third-order valence-corrected chi connectivity index (χ3v) is 4.07. The average Bonchev–Trinajstić information content (AvgIpc) is 2.61. The highest BCUT2D eigenvalue weighted by molar-refractivity contribution is 6.12. The minimum absolute atomic E-state index is 0.134. The summed E-state index contributed by atoms with van der Waals surface area (Å²) in [6.07, 6.45) is 0. The monoisotopic (exact) mass is 357 g/mol. The molecule has 0 aliphatic carbocycles. The van der Waals surface area contributed by atoms with Crippen molar-refractivity contribution in [2.45, 2.75) is 27.7 Å². The van der Waals surface area contributed by atoms with Gasteiger partial charge in [-0.25, -0.2) is 9.59 Å². The van der Waals surface area contributed by atoms with Gasteiger partial charge < -0.3 is 14.8 Å². The number of carbonyl (C=O) groups excluding carboxylic acids is 3. The van der Waals surface area contributed by atoms with Crippen LogP contribution in [-0.4, -0.2) is 30.9 Å². The molecular formula is C20H23NO5. The maximum atomic E-state index is 13.2. The summed E-state index contributed by atoms with van der Waals surface area (Å²) in [5, 5.41) is 3.00. The van der Waals surface area contributed by atoms with Crippen molar-refractivity contribution in [3.05, 3.63) is 58.4 Å². The molecule has 1 aromatic carbocycles. The molecule has 0 radical (unpaired) electrons. The summed E-state index contributed by atoms with van der Waals surface area (Å²) in [5.41, 5.74) is 1.65. The van der Waals surface area contributed by atoms with Gasteiger partial charge in [0.05, 0.1) is 30.3 Å². The molecule has 0 fully saturated rings. The van der Waals surface area contributed by atoms with E-state index in [0.29, 0.717) is 17.0 Å². The van der Waals surface area contributed by atoms with Gasteiger partial charge in [-0.05, 0) is 27.7 Å². The van der Waals surface area contributed by atoms with Gasteiger partial charge in [0.1, 0.15) is 0 Å². The quantitative estimate of drug-likeness (QED) is 0.623. The Morgan fingerprint density at radius 1 is 0.885 bits per heavy atom. The highest BCUT2D eigenvalue weighted by Gasteiger charge is 2.41. The minimum Gasteiger partial charge on any atom is -0.463 e. The molecule has 0 aromatic heterocycles. The van der Waals surface area contributed by atoms with Gasteiger partial charge in [0.25, 0.3) is 0 Å². The molecule has 26 heavy (non-hydrogen) atoms. The zero-order valence-corrected chi connectivity index (χ0v) is 15.4. The van der Waals surface area contributed by atoms with E-state index in [9.17, 15) is 14.4 Å². The highest BCUT2D eigenvalue weighted by atomic mass is 16.5. The van der Waals surface area contributed by atoms with Crippen LogP contribution in [0, 0.1) is 5.92 Å². The molecule has 1 aliphatic heterocycles. The molecule has 138 valence electrons. The van der Waals surface area contributed by atoms with Crippen LogP contribution in [0.3, 0.4) is 0 Å². The third-order valence-electron chi connectivity index (χ3n) is 4.07. The van der Waals surface area contributed by atoms with Crippen LogP contribution in [0.1, 0.15) is 38.1 Å². The van der Waals surface area contributed by atoms with Crippen LogP contribution in [0.15, 0.2) is 52.9 Å². The zero-order valence-electron chi connectivity index (χ0n) is 15.4. The van der Waals surface area contributed by atoms with Crippen molar-refractivity contribution in [2.75, 3.05) is 13.2 Å². The van der Waals surface area contributed by atoms with Gasteiger partial charge in [-0.1, -0.05) is 30.3 Å². The van der Waals surface area contributed by atoms with Crippen molar-refractivity contribution in [1.82, 2.24) is 5.32 Å². The van der Waals surface area contributed by atoms with Crippen molar-refractivity contribution < 1.29 is 23.9 Å². The molecule has 2 rings (SSSR count). The number of allylic oxidation sites excluding steroid dienone is 2. The molecule has 0 atom stereocenters. The molecule has 0 amide bonds. The van der Waals surface area contributed by atoms with Gasteiger partial charge in [-0.15, -0.1) is 0 Å². The molecule has 0 spiro atoms. The first-order valence-electron chi connectivity index (χ1n) is 8.54. The van der Waals surface area contributed by atoms with E-state index >= 15 is 0 Å². The van der Waals surface area contributed by atoms with Crippen molar-refractivity contribution in [1.29, 1.82) is 0 Å². The fourth-order valence-electron chi connectivity index (χ4n) is 2.98. The van der Waals surface area contributed by atoms with E-state index in [2.05, 4.69) is 5.32 Å². The minimum atomic E-state index is -1.07. The number of hydrogen-bond acceptors (Lipinski definition) is 6. The van der Waals surface area contributed by atoms with E-state index in [1.54, 1.807) is 58.0 Å². The number of benzene rings is 1. The maximum Gasteiger partial charge on any atom is 0.336 e. The second-order valence-corrected chi connectivity index (χ2v) is 5.81. The summed E-state index contributed by atoms with van der Waals surface area (Å²) >= 11 is 0. The molecule has 6 nitrogen and oxygen atoms in total. The molecule has 0 bridgehead atoms. The van der Waals surface area contributed by atoms with Crippen LogP contribution in [0.2, 0.25) is 0 Å². The number of hydrogen-bond donors (Lipinski definition) is 1. The Labute approximate surface area is 152 Å². The lowest BCUT2D eigenvalue weighted by molar-refractivity contribution is -0.139. The molecule has 1 heterocycles. The molecule has 1 aromatic rings. The Kier molecular flexibility index (Phi) is 6.33. The van der Waals surface area contributed by atoms with E-state index in [0.717, 1.165) is 0 Å². The number of dihydropyridines is 1. The lowest BCUT2D eigenvalue weighted by Crippen LogP contribution is -2.37. The molecule has 1 N–H and O–H groups in total. The predicted octanol–water partition coefficient (Wildman–Crippen LogP) is 2.76. The van der Waals surface area contributed by atoms with Crippen LogP contribution in [0.5, 0.6) is 0 Å². The van der Waals surface area contributed by atoms with Gasteiger partial charge in [0.2, 0.25) is 0 Å². The average molecular weight is 357 g/mol. The third kappa shape index (κ3) is 3.85. The number of ketones is 1. The summed E-state index contributed by atoms with van der Waals surface area (Å²) in [7, 11) is 0. The van der Waals surface area contributed by atoms with Crippen LogP contribution < -0.4 is 5.32 Å². The Morgan fingerprint density at radius 2 is 1.35 bits per heavy atom. The molecule has 0 saturated carbocycles. The van der Waals surface area contributed by atoms with Crippen molar-refractivity contribution >= 4 is 17.7 Å². The van der Waals surface area contributed by atoms with Crippen LogP contribution in [0.4, 0.5) is 0 Å². The topological polar surface area (TPSA) is 81.7 Å². The first-order valence-corrected chi connectivity index (χ1v) is 8.54. The lowest BCUT2D eigenvalue weighted by Gasteiger charge is -2.29. The smallest absolute Gasteiger partial charge is 0.336 e. The fourth-order valence-corrected chi connectivity index (χ4v) is 2.98. The summed E-state index contributed by atoms with van der Waals surface area (Å²) in [4.78, 5) is 38.3. The molecule has 0 saturated heterocycles. The lowest BCUT2D eigenvalue weighted by atomic mass is 9.80. The van der Waals surface area contributed by atoms with Crippen LogP contribution >= 0.6 is 0 Å². The van der Waals surface area contributed by atoms with Crippen molar-refractivity contribution in [3.8, 4) is 0 Å². The number of esters is 2. The summed E-state index contributed by atoms with van der Waals surface area (Å²) < 4.78 is 10.3. The zero-order chi connectivity index (χ0) is 19.3. The second-order valence-electron chi connectivity index (χ2n) is 5.81. The summed E-state index contributed by atoms with van der Waals surface area (Å²) in [6, 6.07) is 8.56. The number of ether oxygens (including phenoxy) is 2. The maximum absolute atomic E-state index is 13.2. The SMILES string of the molecule is CCOC(=O)C1=C(C)NC(C)=C(C(=O)OCC)C1C(=O)c1ccccc1. The predicted molar refractivity (Wildman–Crippen MR) is 96.1 cm³/mol. The fraction of sp³-hybridized carbons (Fsp3) is 0.350. The second kappa shape index (κ2) is 8.47. The van der Waals surface area contributed by atoms with Gasteiger partial charge in [0.15, 0.2) is 5.78 Å². The van der Waals surface area contributed by atoms with E-state index < -0.39 is 17.9 Å². The largest absolute Gasteiger partial charge is 0.463 e. The number of Topliss-reactive ketones (excluding diaryl/α,β-unsaturated/α-hetero) is 1. The Balaban J connectivity index is 2.60. The Morgan fingerprint density at radius 3 is 1.77 bits per heavy atom. The van der Waals surface area contributed by atoms with E-state index in [1.807, 2.05) is 0 Å². The number of carbonyl (C=O) groups is 3. The first-order chi connectivity index (χ1) is 12.4. The highest BCUT2D eigenvalue weighted by Crippen LogP contribution is 2.34. The normalized spacial score (nSPS) is 14.8. The standard InChI is InChI=1S/C20H23NO5/c1-5-25-19(23)15-12(3)21-13(4)16(20(24)26-6-2)17(15)18(22)14-10-8-7-9-11-14/h7-11,17,21H,5-6H2,1-4H3. The Hall–Kier alpha value is -2.89. The van der Waals surface area contributed by atoms with Gasteiger partial charge in [-0.2, -0.15) is 0 Å². The molecule has 1 aliphatic rings. The van der Waals surface area contributed by atoms with Crippen LogP contribution in [0.25, 0.3) is 0 Å². The first kappa shape index (κ1) is 19.4.